The Morgan fingerprint density at radius 2 is 1.55 bits per heavy atom. The zero-order valence-corrected chi connectivity index (χ0v) is 36.1. The Bertz CT molecular complexity index is 1920. The van der Waals surface area contributed by atoms with Crippen molar-refractivity contribution >= 4 is 52.8 Å². The average Bonchev–Trinajstić information content (AvgIpc) is 3.74. The number of nitrogens with one attached hydrogen (secondary N) is 2. The van der Waals surface area contributed by atoms with E-state index in [-0.39, 0.29) is 43.4 Å². The number of hydrogen-bond donors (Lipinski definition) is 4. The van der Waals surface area contributed by atoms with Crippen LogP contribution in [0.3, 0.4) is 0 Å². The molecular weight excluding hydrogens is 803 g/mol. The van der Waals surface area contributed by atoms with Gasteiger partial charge in [0.2, 0.25) is 23.6 Å². The number of nitrogens with zero attached hydrogens (tertiary/aromatic N) is 2. The van der Waals surface area contributed by atoms with Gasteiger partial charge in [0, 0.05) is 55.0 Å². The highest BCUT2D eigenvalue weighted by molar-refractivity contribution is 6.07. The van der Waals surface area contributed by atoms with Gasteiger partial charge < -0.3 is 31.1 Å². The Morgan fingerprint density at radius 3 is 2.11 bits per heavy atom. The Kier molecular flexibility index (Phi) is 17.7. The number of carboxylic acids is 1. The van der Waals surface area contributed by atoms with Gasteiger partial charge in [-0.05, 0) is 61.8 Å². The molecule has 2 aliphatic carbocycles. The number of carboxylic acid groups (broad SMARTS) is 1. The summed E-state index contributed by atoms with van der Waals surface area (Å²) in [5.74, 6) is -7.93. The predicted octanol–water partition coefficient (Wildman–Crippen LogP) is 5.00. The maximum atomic E-state index is 14.5. The third-order valence-electron chi connectivity index (χ3n) is 12.4. The van der Waals surface area contributed by atoms with Gasteiger partial charge in [0.05, 0.1) is 17.6 Å². The number of Topliss-reactive ketones (excluding diaryl/α,β-unsaturated/α-hetero) is 2. The molecule has 4 rings (SSSR count). The van der Waals surface area contributed by atoms with Crippen LogP contribution in [-0.2, 0) is 33.5 Å². The number of hydrogen-bond acceptors (Lipinski definition) is 11. The molecule has 17 heteroatoms. The normalized spacial score (nSPS) is 19.2. The number of amides is 4. The summed E-state index contributed by atoms with van der Waals surface area (Å²) >= 11 is 0. The summed E-state index contributed by atoms with van der Waals surface area (Å²) < 4.78 is 4.62. The van der Waals surface area contributed by atoms with Crippen LogP contribution in [0, 0.1) is 39.2 Å². The molecule has 62 heavy (non-hydrogen) atoms. The van der Waals surface area contributed by atoms with E-state index in [0.717, 1.165) is 88.5 Å². The van der Waals surface area contributed by atoms with Gasteiger partial charge in [0.25, 0.3) is 5.69 Å². The molecule has 0 saturated heterocycles. The van der Waals surface area contributed by atoms with Crippen LogP contribution in [-0.4, -0.2) is 93.8 Å². The molecule has 0 radical (unpaired) electrons. The number of allylic oxidation sites excluding steroid dienone is 1. The Hall–Kier alpha value is -5.74. The van der Waals surface area contributed by atoms with E-state index < -0.39 is 105 Å². The first-order valence-corrected chi connectivity index (χ1v) is 21.5. The van der Waals surface area contributed by atoms with Crippen LogP contribution in [0.25, 0.3) is 0 Å². The second-order valence-electron chi connectivity index (χ2n) is 17.8. The van der Waals surface area contributed by atoms with Crippen LogP contribution >= 0.6 is 0 Å². The summed E-state index contributed by atoms with van der Waals surface area (Å²) in [4.78, 5) is 119. The zero-order chi connectivity index (χ0) is 45.7. The zero-order valence-electron chi connectivity index (χ0n) is 36.1. The standard InChI is InChI=1S/C45H61N5O12/c1-45(2,3)39(48-41(55)29(18-11-12-20-37(53)62-4)24-35(51)33-25-30(50(60)61)21-22-31(33)44(58)59)43(57)49-23-13-19-34(49)36(52)26-32(27-14-7-5-8-15-27)42(56)47-38(40(46)54)28-16-9-6-10-17-28/h12-13,19-22,25,27-29,32,34,38-39H,5-11,14-18,23-24,26H2,1-4H3,(H2,46,54)(H,47,56)(H,48,55)(H,58,59)/b20-12+/t29-,32?,34+,38+,39-/m1/s1. The van der Waals surface area contributed by atoms with Gasteiger partial charge in [0.15, 0.2) is 11.6 Å². The largest absolute Gasteiger partial charge is 0.478 e. The van der Waals surface area contributed by atoms with Crippen molar-refractivity contribution in [2.45, 2.75) is 129 Å². The van der Waals surface area contributed by atoms with E-state index in [0.29, 0.717) is 0 Å². The summed E-state index contributed by atoms with van der Waals surface area (Å²) in [5.41, 5.74) is 3.36. The van der Waals surface area contributed by atoms with E-state index >= 15 is 0 Å². The van der Waals surface area contributed by atoms with Gasteiger partial charge in [-0.1, -0.05) is 77.5 Å². The van der Waals surface area contributed by atoms with E-state index in [2.05, 4.69) is 15.4 Å². The van der Waals surface area contributed by atoms with Crippen LogP contribution in [0.1, 0.15) is 131 Å². The highest BCUT2D eigenvalue weighted by Gasteiger charge is 2.43. The molecule has 1 aliphatic heterocycles. The number of esters is 1. The lowest BCUT2D eigenvalue weighted by molar-refractivity contribution is -0.384. The summed E-state index contributed by atoms with van der Waals surface area (Å²) in [6, 6.07) is -0.418. The minimum absolute atomic E-state index is 0.0361. The molecular formula is C45H61N5O12. The van der Waals surface area contributed by atoms with E-state index in [1.165, 1.54) is 18.1 Å². The van der Waals surface area contributed by atoms with Crippen LogP contribution < -0.4 is 16.4 Å². The van der Waals surface area contributed by atoms with Crippen LogP contribution in [0.4, 0.5) is 5.69 Å². The van der Waals surface area contributed by atoms with Gasteiger partial charge >= 0.3 is 11.9 Å². The number of methoxy groups -OCH3 is 1. The van der Waals surface area contributed by atoms with Gasteiger partial charge in [-0.25, -0.2) is 9.59 Å². The quantitative estimate of drug-likeness (QED) is 0.0337. The summed E-state index contributed by atoms with van der Waals surface area (Å²) in [6.45, 7) is 5.17. The molecule has 3 aliphatic rings. The van der Waals surface area contributed by atoms with Crippen molar-refractivity contribution in [1.29, 1.82) is 0 Å². The van der Waals surface area contributed by atoms with Gasteiger partial charge in [-0.15, -0.1) is 0 Å². The fourth-order valence-corrected chi connectivity index (χ4v) is 8.87. The summed E-state index contributed by atoms with van der Waals surface area (Å²) in [6.07, 6.45) is 13.8. The number of nitrogens with two attached hydrogens (primary N) is 1. The lowest BCUT2D eigenvalue weighted by Crippen LogP contribution is -2.58. The van der Waals surface area contributed by atoms with Crippen molar-refractivity contribution < 1.29 is 53.1 Å². The molecule has 4 amide bonds. The molecule has 1 heterocycles. The van der Waals surface area contributed by atoms with E-state index in [1.54, 1.807) is 32.9 Å². The third-order valence-corrected chi connectivity index (χ3v) is 12.4. The Balaban J connectivity index is 1.57. The molecule has 0 bridgehead atoms. The van der Waals surface area contributed by atoms with Crippen molar-refractivity contribution in [3.8, 4) is 0 Å². The van der Waals surface area contributed by atoms with Gasteiger partial charge in [0.1, 0.15) is 18.1 Å². The number of nitro groups is 1. The first-order valence-electron chi connectivity index (χ1n) is 21.5. The maximum absolute atomic E-state index is 14.5. The van der Waals surface area contributed by atoms with E-state index in [4.69, 9.17) is 5.73 Å². The third kappa shape index (κ3) is 13.1. The van der Waals surface area contributed by atoms with Crippen molar-refractivity contribution in [1.82, 2.24) is 15.5 Å². The lowest BCUT2D eigenvalue weighted by Gasteiger charge is -2.37. The van der Waals surface area contributed by atoms with Crippen molar-refractivity contribution in [3.05, 3.63) is 63.7 Å². The first kappa shape index (κ1) is 48.9. The van der Waals surface area contributed by atoms with Gasteiger partial charge in [-0.3, -0.25) is 38.9 Å². The second-order valence-corrected chi connectivity index (χ2v) is 17.8. The number of nitro benzene ring substituents is 1. The number of carbonyl (C=O) groups is 8. The van der Waals surface area contributed by atoms with E-state index in [9.17, 15) is 53.6 Å². The minimum atomic E-state index is -1.51. The number of ether oxygens (including phenoxy) is 1. The predicted molar refractivity (Wildman–Crippen MR) is 226 cm³/mol. The van der Waals surface area contributed by atoms with Crippen molar-refractivity contribution in [2.75, 3.05) is 13.7 Å². The van der Waals surface area contributed by atoms with Crippen LogP contribution in [0.5, 0.6) is 0 Å². The lowest BCUT2D eigenvalue weighted by atomic mass is 9.76. The number of primary amides is 1. The molecule has 1 unspecified atom stereocenters. The number of carbonyl (C=O) groups excluding carboxylic acids is 7. The highest BCUT2D eigenvalue weighted by Crippen LogP contribution is 2.35. The SMILES string of the molecule is COC(=O)/C=C/CC[C@H](CC(=O)c1cc([N+](=O)[O-])ccc1C(=O)O)C(=O)N[C@H](C(=O)N1CC=C[C@H]1C(=O)CC(C(=O)N[C@H](C(N)=O)C1CCCCC1)C1CCCCC1)C(C)(C)C. The summed E-state index contributed by atoms with van der Waals surface area (Å²) in [7, 11) is 1.18. The van der Waals surface area contributed by atoms with Crippen LogP contribution in [0.15, 0.2) is 42.5 Å². The topological polar surface area (TPSA) is 262 Å². The Labute approximate surface area is 361 Å². The average molecular weight is 864 g/mol. The van der Waals surface area contributed by atoms with Crippen LogP contribution in [0.2, 0.25) is 0 Å². The number of aromatic carboxylic acids is 1. The molecule has 1 aromatic rings. The maximum Gasteiger partial charge on any atom is 0.336 e. The molecule has 2 saturated carbocycles. The fraction of sp³-hybridized carbons (Fsp3) is 0.600. The van der Waals surface area contributed by atoms with E-state index in [1.807, 2.05) is 0 Å². The molecule has 338 valence electrons. The minimum Gasteiger partial charge on any atom is -0.478 e. The number of ketones is 2. The molecule has 5 atom stereocenters. The van der Waals surface area contributed by atoms with Crippen molar-refractivity contribution in [3.63, 3.8) is 0 Å². The summed E-state index contributed by atoms with van der Waals surface area (Å²) in [5, 5.41) is 27.0. The Morgan fingerprint density at radius 1 is 0.919 bits per heavy atom. The van der Waals surface area contributed by atoms with Crippen molar-refractivity contribution in [2.24, 2.45) is 34.8 Å². The van der Waals surface area contributed by atoms with Gasteiger partial charge in [-0.2, -0.15) is 0 Å². The number of rotatable bonds is 20. The number of non-ortho nitro benzene ring substituents is 1. The highest BCUT2D eigenvalue weighted by atomic mass is 16.6. The monoisotopic (exact) mass is 863 g/mol. The molecule has 2 fully saturated rings. The smallest absolute Gasteiger partial charge is 0.336 e. The number of benzene rings is 1. The molecule has 5 N–H and O–H groups in total. The first-order chi connectivity index (χ1) is 29.3. The molecule has 0 aromatic heterocycles. The molecule has 17 nitrogen and oxygen atoms in total. The second kappa shape index (κ2) is 22.4. The molecule has 0 spiro atoms. The fourth-order valence-electron chi connectivity index (χ4n) is 8.87. The molecule has 1 aromatic carbocycles.